The van der Waals surface area contributed by atoms with Crippen molar-refractivity contribution in [2.24, 2.45) is 5.16 Å². The molecule has 0 amide bonds. The molecule has 0 spiro atoms. The van der Waals surface area contributed by atoms with E-state index in [2.05, 4.69) is 39.0 Å². The number of carbonyl (C=O) groups is 1. The zero-order chi connectivity index (χ0) is 17.4. The van der Waals surface area contributed by atoms with Crippen LogP contribution in [0, 0.1) is 0 Å². The third kappa shape index (κ3) is 3.27. The van der Waals surface area contributed by atoms with Crippen LogP contribution in [0.15, 0.2) is 17.3 Å². The molecule has 23 heavy (non-hydrogen) atoms. The number of oxime groups is 1. The Morgan fingerprint density at radius 1 is 1.09 bits per heavy atom. The van der Waals surface area contributed by atoms with Gasteiger partial charge >= 0.3 is 0 Å². The molecule has 0 atom stereocenters. The van der Waals surface area contributed by atoms with Crippen LogP contribution in [0.5, 0.6) is 11.5 Å². The number of ketones is 1. The lowest BCUT2D eigenvalue weighted by Crippen LogP contribution is -2.39. The second kappa shape index (κ2) is 6.00. The van der Waals surface area contributed by atoms with Gasteiger partial charge in [-0.25, -0.2) is 0 Å². The van der Waals surface area contributed by atoms with Gasteiger partial charge in [0.2, 0.25) is 5.78 Å². The summed E-state index contributed by atoms with van der Waals surface area (Å²) in [6.45, 7) is 10.6. The normalized spacial score (nSPS) is 16.5. The fraction of sp³-hybridized carbons (Fsp3) is 0.529. The topological polar surface area (TPSA) is 57.1 Å². The molecule has 1 aromatic carbocycles. The first-order valence-electron chi connectivity index (χ1n) is 7.65. The first kappa shape index (κ1) is 17.5. The maximum absolute atomic E-state index is 12.5. The van der Waals surface area contributed by atoms with Crippen LogP contribution in [-0.2, 0) is 10.9 Å². The Kier molecular flexibility index (Phi) is 4.57. The molecule has 0 aromatic heterocycles. The lowest BCUT2D eigenvalue weighted by atomic mass is 10.1. The quantitative estimate of drug-likeness (QED) is 0.620. The molecule has 126 valence electrons. The van der Waals surface area contributed by atoms with Crippen molar-refractivity contribution in [1.82, 2.24) is 0 Å². The lowest BCUT2D eigenvalue weighted by Gasteiger charge is -2.33. The standard InChI is InChI=1S/C17H25NO4Si/c1-17(2,3)23(6,7)22-18-13-8-11-9-14(20-4)15(21-5)10-12(11)16(13)19/h9-10H,8H2,1-7H3/b18-13-. The van der Waals surface area contributed by atoms with Gasteiger partial charge in [0.05, 0.1) is 14.2 Å². The van der Waals surface area contributed by atoms with E-state index in [1.165, 1.54) is 0 Å². The van der Waals surface area contributed by atoms with E-state index in [1.807, 2.05) is 6.07 Å². The molecule has 0 saturated carbocycles. The van der Waals surface area contributed by atoms with E-state index >= 15 is 0 Å². The Labute approximate surface area is 138 Å². The van der Waals surface area contributed by atoms with E-state index in [4.69, 9.17) is 14.0 Å². The highest BCUT2D eigenvalue weighted by Gasteiger charge is 2.40. The zero-order valence-corrected chi connectivity index (χ0v) is 15.9. The van der Waals surface area contributed by atoms with Crippen molar-refractivity contribution in [2.45, 2.75) is 45.3 Å². The Hall–Kier alpha value is -1.82. The fourth-order valence-corrected chi connectivity index (χ4v) is 2.69. The minimum Gasteiger partial charge on any atom is -0.493 e. The highest BCUT2D eigenvalue weighted by atomic mass is 28.4. The van der Waals surface area contributed by atoms with Crippen molar-refractivity contribution in [3.8, 4) is 11.5 Å². The van der Waals surface area contributed by atoms with Crippen molar-refractivity contribution in [1.29, 1.82) is 0 Å². The summed E-state index contributed by atoms with van der Waals surface area (Å²) in [5.74, 6) is 1.07. The van der Waals surface area contributed by atoms with Crippen LogP contribution in [0.4, 0.5) is 0 Å². The van der Waals surface area contributed by atoms with E-state index in [9.17, 15) is 4.79 Å². The molecule has 0 heterocycles. The zero-order valence-electron chi connectivity index (χ0n) is 14.9. The van der Waals surface area contributed by atoms with Crippen LogP contribution in [-0.4, -0.2) is 34.0 Å². The Morgan fingerprint density at radius 3 is 2.17 bits per heavy atom. The summed E-state index contributed by atoms with van der Waals surface area (Å²) < 4.78 is 16.4. The lowest BCUT2D eigenvalue weighted by molar-refractivity contribution is 0.106. The predicted octanol–water partition coefficient (Wildman–Crippen LogP) is 3.82. The average Bonchev–Trinajstić information content (AvgIpc) is 2.78. The number of carbonyl (C=O) groups excluding carboxylic acids is 1. The molecule has 1 aliphatic rings. The number of fused-ring (bicyclic) bond motifs is 1. The number of benzene rings is 1. The Balaban J connectivity index is 2.29. The molecule has 0 saturated heterocycles. The molecule has 0 aliphatic heterocycles. The summed E-state index contributed by atoms with van der Waals surface area (Å²) in [5, 5.41) is 4.25. The summed E-state index contributed by atoms with van der Waals surface area (Å²) in [6.07, 6.45) is 0.461. The summed E-state index contributed by atoms with van der Waals surface area (Å²) in [7, 11) is 1.10. The van der Waals surface area contributed by atoms with Crippen LogP contribution >= 0.6 is 0 Å². The summed E-state index contributed by atoms with van der Waals surface area (Å²) in [4.78, 5) is 12.5. The molecule has 1 aliphatic carbocycles. The maximum atomic E-state index is 12.5. The smallest absolute Gasteiger partial charge is 0.286 e. The van der Waals surface area contributed by atoms with Gasteiger partial charge in [-0.15, -0.1) is 5.16 Å². The van der Waals surface area contributed by atoms with E-state index in [0.717, 1.165) is 5.56 Å². The molecule has 0 unspecified atom stereocenters. The maximum Gasteiger partial charge on any atom is 0.286 e. The van der Waals surface area contributed by atoms with E-state index in [1.54, 1.807) is 20.3 Å². The molecule has 1 aromatic rings. The Morgan fingerprint density at radius 2 is 1.65 bits per heavy atom. The van der Waals surface area contributed by atoms with Gasteiger partial charge in [-0.05, 0) is 35.8 Å². The molecule has 0 bridgehead atoms. The van der Waals surface area contributed by atoms with Gasteiger partial charge in [0.15, 0.2) is 11.5 Å². The minimum absolute atomic E-state index is 0.0397. The van der Waals surface area contributed by atoms with Gasteiger partial charge in [-0.1, -0.05) is 20.8 Å². The van der Waals surface area contributed by atoms with Gasteiger partial charge < -0.3 is 14.0 Å². The van der Waals surface area contributed by atoms with Crippen LogP contribution in [0.2, 0.25) is 18.1 Å². The first-order valence-corrected chi connectivity index (χ1v) is 10.6. The second-order valence-corrected chi connectivity index (χ2v) is 12.0. The largest absolute Gasteiger partial charge is 0.493 e. The van der Waals surface area contributed by atoms with Gasteiger partial charge in [-0.2, -0.15) is 0 Å². The summed E-state index contributed by atoms with van der Waals surface area (Å²) >= 11 is 0. The SMILES string of the molecule is COc1cc2c(cc1OC)C(=O)/C(=N\O[Si](C)(C)C(C)(C)C)C2. The first-order chi connectivity index (χ1) is 10.6. The van der Waals surface area contributed by atoms with Crippen LogP contribution < -0.4 is 9.47 Å². The number of hydrogen-bond donors (Lipinski definition) is 0. The predicted molar refractivity (Wildman–Crippen MR) is 93.3 cm³/mol. The third-order valence-electron chi connectivity index (χ3n) is 4.66. The second-order valence-electron chi connectivity index (χ2n) is 7.26. The van der Waals surface area contributed by atoms with Gasteiger partial charge in [0.25, 0.3) is 8.32 Å². The van der Waals surface area contributed by atoms with Gasteiger partial charge in [-0.3, -0.25) is 4.79 Å². The minimum atomic E-state index is -2.03. The van der Waals surface area contributed by atoms with Crippen molar-refractivity contribution >= 4 is 19.8 Å². The Bertz CT molecular complexity index is 659. The highest BCUT2D eigenvalue weighted by Crippen LogP contribution is 2.37. The van der Waals surface area contributed by atoms with Crippen molar-refractivity contribution in [2.75, 3.05) is 14.2 Å². The summed E-state index contributed by atoms with van der Waals surface area (Å²) in [5.41, 5.74) is 1.95. The molecule has 5 nitrogen and oxygen atoms in total. The number of Topliss-reactive ketones (excluding diaryl/α,β-unsaturated/α-hetero) is 1. The van der Waals surface area contributed by atoms with E-state index < -0.39 is 8.32 Å². The monoisotopic (exact) mass is 335 g/mol. The van der Waals surface area contributed by atoms with E-state index in [0.29, 0.717) is 29.2 Å². The molecule has 0 fully saturated rings. The molecule has 2 rings (SSSR count). The van der Waals surface area contributed by atoms with Crippen LogP contribution in [0.25, 0.3) is 0 Å². The fourth-order valence-electron chi connectivity index (χ4n) is 2.07. The summed E-state index contributed by atoms with van der Waals surface area (Å²) in [6, 6.07) is 3.55. The highest BCUT2D eigenvalue weighted by molar-refractivity contribution is 6.74. The molecular formula is C17H25NO4Si. The van der Waals surface area contributed by atoms with Crippen LogP contribution in [0.1, 0.15) is 36.7 Å². The van der Waals surface area contributed by atoms with Crippen LogP contribution in [0.3, 0.4) is 0 Å². The molecular weight excluding hydrogens is 310 g/mol. The molecule has 0 N–H and O–H groups in total. The van der Waals surface area contributed by atoms with Gasteiger partial charge in [0.1, 0.15) is 5.71 Å². The number of methoxy groups -OCH3 is 2. The molecule has 0 radical (unpaired) electrons. The third-order valence-corrected chi connectivity index (χ3v) is 8.82. The number of nitrogens with zero attached hydrogens (tertiary/aromatic N) is 1. The van der Waals surface area contributed by atoms with Crippen molar-refractivity contribution in [3.05, 3.63) is 23.3 Å². The molecule has 6 heteroatoms. The van der Waals surface area contributed by atoms with E-state index in [-0.39, 0.29) is 10.8 Å². The van der Waals surface area contributed by atoms with Crippen molar-refractivity contribution in [3.63, 3.8) is 0 Å². The van der Waals surface area contributed by atoms with Gasteiger partial charge in [0, 0.05) is 12.0 Å². The van der Waals surface area contributed by atoms with Crippen molar-refractivity contribution < 1.29 is 18.8 Å². The number of rotatable bonds is 4. The average molecular weight is 335 g/mol. The number of hydrogen-bond acceptors (Lipinski definition) is 5. The number of ether oxygens (including phenoxy) is 2.